The zero-order valence-corrected chi connectivity index (χ0v) is 18.5. The minimum atomic E-state index is -0.148. The molecule has 2 rings (SSSR count). The first kappa shape index (κ1) is 23.8. The van der Waals surface area contributed by atoms with Crippen LogP contribution in [0.15, 0.2) is 30.3 Å². The molecule has 0 amide bonds. The van der Waals surface area contributed by atoms with Crippen molar-refractivity contribution in [2.45, 2.75) is 52.6 Å². The largest absolute Gasteiger partial charge is 0.461 e. The van der Waals surface area contributed by atoms with Crippen LogP contribution in [0.1, 0.15) is 51.5 Å². The quantitative estimate of drug-likeness (QED) is 0.347. The third-order valence-corrected chi connectivity index (χ3v) is 5.41. The highest BCUT2D eigenvalue weighted by molar-refractivity contribution is 5.69. The monoisotopic (exact) mass is 404 g/mol. The molecule has 29 heavy (non-hydrogen) atoms. The zero-order chi connectivity index (χ0) is 20.7. The van der Waals surface area contributed by atoms with Crippen molar-refractivity contribution in [1.29, 1.82) is 0 Å². The highest BCUT2D eigenvalue weighted by atomic mass is 16.5. The van der Waals surface area contributed by atoms with Crippen LogP contribution in [0.3, 0.4) is 0 Å². The van der Waals surface area contributed by atoms with Crippen LogP contribution in [0.2, 0.25) is 0 Å². The fourth-order valence-corrected chi connectivity index (χ4v) is 3.45. The lowest BCUT2D eigenvalue weighted by molar-refractivity contribution is -0.145. The maximum absolute atomic E-state index is 11.7. The van der Waals surface area contributed by atoms with E-state index in [2.05, 4.69) is 23.6 Å². The van der Waals surface area contributed by atoms with E-state index in [0.717, 1.165) is 30.9 Å². The smallest absolute Gasteiger partial charge is 0.306 e. The zero-order valence-electron chi connectivity index (χ0n) is 18.5. The molecule has 1 fully saturated rings. The molecule has 1 aliphatic rings. The Morgan fingerprint density at radius 2 is 1.59 bits per heavy atom. The molecule has 164 valence electrons. The second kappa shape index (κ2) is 14.5. The van der Waals surface area contributed by atoms with Gasteiger partial charge in [0.15, 0.2) is 0 Å². The number of benzene rings is 1. The standard InChI is InChI=1S/C24H40N2O3/c1-22(2)12-14-26-17-15-25(16-18-26)13-6-7-19-28-20-8-11-24(27)29-21-23-9-4-3-5-10-23/h3-5,9-10,22H,6-8,11-21H2,1-2H3. The fraction of sp³-hybridized carbons (Fsp3) is 0.708. The van der Waals surface area contributed by atoms with Gasteiger partial charge in [0.1, 0.15) is 6.61 Å². The highest BCUT2D eigenvalue weighted by Crippen LogP contribution is 2.08. The number of carbonyl (C=O) groups is 1. The van der Waals surface area contributed by atoms with E-state index >= 15 is 0 Å². The topological polar surface area (TPSA) is 42.0 Å². The van der Waals surface area contributed by atoms with Gasteiger partial charge in [-0.1, -0.05) is 44.2 Å². The van der Waals surface area contributed by atoms with Crippen LogP contribution in [0, 0.1) is 5.92 Å². The van der Waals surface area contributed by atoms with Gasteiger partial charge in [0.2, 0.25) is 0 Å². The molecule has 1 aromatic carbocycles. The van der Waals surface area contributed by atoms with E-state index in [9.17, 15) is 4.79 Å². The number of piperazine rings is 1. The summed E-state index contributed by atoms with van der Waals surface area (Å²) in [7, 11) is 0. The first-order valence-electron chi connectivity index (χ1n) is 11.4. The lowest BCUT2D eigenvalue weighted by Gasteiger charge is -2.35. The lowest BCUT2D eigenvalue weighted by Crippen LogP contribution is -2.46. The molecule has 0 bridgehead atoms. The molecule has 5 heteroatoms. The third-order valence-electron chi connectivity index (χ3n) is 5.41. The van der Waals surface area contributed by atoms with Crippen molar-refractivity contribution in [3.63, 3.8) is 0 Å². The van der Waals surface area contributed by atoms with Crippen molar-refractivity contribution in [3.05, 3.63) is 35.9 Å². The summed E-state index contributed by atoms with van der Waals surface area (Å²) < 4.78 is 10.9. The van der Waals surface area contributed by atoms with Gasteiger partial charge in [-0.15, -0.1) is 0 Å². The molecule has 0 atom stereocenters. The van der Waals surface area contributed by atoms with Crippen molar-refractivity contribution >= 4 is 5.97 Å². The minimum absolute atomic E-state index is 0.148. The number of unbranched alkanes of at least 4 members (excludes halogenated alkanes) is 1. The molecule has 0 unspecified atom stereocenters. The first-order valence-corrected chi connectivity index (χ1v) is 11.4. The Labute approximate surface area is 177 Å². The van der Waals surface area contributed by atoms with Crippen LogP contribution in [-0.2, 0) is 20.9 Å². The number of carbonyl (C=O) groups excluding carboxylic acids is 1. The molecular formula is C24H40N2O3. The van der Waals surface area contributed by atoms with Crippen molar-refractivity contribution in [2.24, 2.45) is 5.92 Å². The molecule has 1 aliphatic heterocycles. The number of esters is 1. The molecule has 1 aromatic rings. The Balaban J connectivity index is 1.37. The maximum Gasteiger partial charge on any atom is 0.306 e. The Morgan fingerprint density at radius 3 is 2.28 bits per heavy atom. The van der Waals surface area contributed by atoms with Gasteiger partial charge in [0.05, 0.1) is 0 Å². The predicted octanol–water partition coefficient (Wildman–Crippen LogP) is 3.97. The molecule has 0 radical (unpaired) electrons. The van der Waals surface area contributed by atoms with Crippen LogP contribution < -0.4 is 0 Å². The van der Waals surface area contributed by atoms with Crippen molar-refractivity contribution in [2.75, 3.05) is 52.5 Å². The van der Waals surface area contributed by atoms with Gasteiger partial charge in [-0.2, -0.15) is 0 Å². The normalized spacial score (nSPS) is 15.7. The summed E-state index contributed by atoms with van der Waals surface area (Å²) in [6.07, 6.45) is 4.74. The van der Waals surface area contributed by atoms with E-state index in [1.807, 2.05) is 30.3 Å². The third kappa shape index (κ3) is 11.4. The van der Waals surface area contributed by atoms with Gasteiger partial charge < -0.3 is 19.3 Å². The molecule has 0 N–H and O–H groups in total. The average molecular weight is 405 g/mol. The summed E-state index contributed by atoms with van der Waals surface area (Å²) in [4.78, 5) is 16.9. The van der Waals surface area contributed by atoms with E-state index in [0.29, 0.717) is 19.6 Å². The van der Waals surface area contributed by atoms with Crippen LogP contribution in [0.25, 0.3) is 0 Å². The van der Waals surface area contributed by atoms with Crippen molar-refractivity contribution < 1.29 is 14.3 Å². The highest BCUT2D eigenvalue weighted by Gasteiger charge is 2.16. The van der Waals surface area contributed by atoms with Gasteiger partial charge in [0, 0.05) is 45.8 Å². The van der Waals surface area contributed by atoms with E-state index in [-0.39, 0.29) is 5.97 Å². The second-order valence-corrected chi connectivity index (χ2v) is 8.44. The molecule has 1 saturated heterocycles. The Morgan fingerprint density at radius 1 is 0.931 bits per heavy atom. The summed E-state index contributed by atoms with van der Waals surface area (Å²) in [6, 6.07) is 9.78. The molecule has 0 saturated carbocycles. The summed E-state index contributed by atoms with van der Waals surface area (Å²) in [6.45, 7) is 13.6. The molecule has 0 aliphatic carbocycles. The van der Waals surface area contributed by atoms with Gasteiger partial charge in [-0.3, -0.25) is 4.79 Å². The van der Waals surface area contributed by atoms with Gasteiger partial charge in [0.25, 0.3) is 0 Å². The van der Waals surface area contributed by atoms with E-state index in [1.54, 1.807) is 0 Å². The second-order valence-electron chi connectivity index (χ2n) is 8.44. The number of hydrogen-bond donors (Lipinski definition) is 0. The van der Waals surface area contributed by atoms with Crippen LogP contribution in [0.4, 0.5) is 0 Å². The van der Waals surface area contributed by atoms with Gasteiger partial charge >= 0.3 is 5.97 Å². The molecule has 0 aromatic heterocycles. The van der Waals surface area contributed by atoms with E-state index in [1.165, 1.54) is 52.1 Å². The van der Waals surface area contributed by atoms with Gasteiger partial charge in [-0.05, 0) is 50.3 Å². The van der Waals surface area contributed by atoms with Crippen molar-refractivity contribution in [3.8, 4) is 0 Å². The molecule has 1 heterocycles. The summed E-state index contributed by atoms with van der Waals surface area (Å²) >= 11 is 0. The summed E-state index contributed by atoms with van der Waals surface area (Å²) in [5.41, 5.74) is 1.02. The first-order chi connectivity index (χ1) is 14.1. The predicted molar refractivity (Wildman–Crippen MR) is 118 cm³/mol. The molecule has 0 spiro atoms. The molecule has 5 nitrogen and oxygen atoms in total. The summed E-state index contributed by atoms with van der Waals surface area (Å²) in [5.74, 6) is 0.651. The average Bonchev–Trinajstić information content (AvgIpc) is 2.74. The number of ether oxygens (including phenoxy) is 2. The maximum atomic E-state index is 11.7. The van der Waals surface area contributed by atoms with Crippen LogP contribution in [-0.4, -0.2) is 68.3 Å². The summed E-state index contributed by atoms with van der Waals surface area (Å²) in [5, 5.41) is 0. The minimum Gasteiger partial charge on any atom is -0.461 e. The van der Waals surface area contributed by atoms with E-state index < -0.39 is 0 Å². The Bertz CT molecular complexity index is 542. The molecular weight excluding hydrogens is 364 g/mol. The van der Waals surface area contributed by atoms with Crippen LogP contribution >= 0.6 is 0 Å². The van der Waals surface area contributed by atoms with Crippen molar-refractivity contribution in [1.82, 2.24) is 9.80 Å². The number of hydrogen-bond acceptors (Lipinski definition) is 5. The number of nitrogens with zero attached hydrogens (tertiary/aromatic N) is 2. The van der Waals surface area contributed by atoms with Crippen LogP contribution in [0.5, 0.6) is 0 Å². The SMILES string of the molecule is CC(C)CCN1CCN(CCCCOCCCC(=O)OCc2ccccc2)CC1. The number of rotatable bonds is 14. The Kier molecular flexibility index (Phi) is 12.0. The Hall–Kier alpha value is -1.43. The fourth-order valence-electron chi connectivity index (χ4n) is 3.45. The lowest BCUT2D eigenvalue weighted by atomic mass is 10.1. The van der Waals surface area contributed by atoms with E-state index in [4.69, 9.17) is 9.47 Å². The van der Waals surface area contributed by atoms with Gasteiger partial charge in [-0.25, -0.2) is 0 Å².